The molecule has 0 saturated heterocycles. The van der Waals surface area contributed by atoms with Crippen molar-refractivity contribution >= 4 is 23.2 Å². The molecule has 0 aliphatic carbocycles. The molecule has 0 radical (unpaired) electrons. The van der Waals surface area contributed by atoms with E-state index >= 15 is 0 Å². The van der Waals surface area contributed by atoms with E-state index in [0.29, 0.717) is 22.4 Å². The van der Waals surface area contributed by atoms with Crippen molar-refractivity contribution in [2.45, 2.75) is 19.4 Å². The van der Waals surface area contributed by atoms with Crippen LogP contribution in [0.4, 0.5) is 0 Å². The quantitative estimate of drug-likeness (QED) is 0.868. The van der Waals surface area contributed by atoms with E-state index in [1.807, 2.05) is 6.92 Å². The highest BCUT2D eigenvalue weighted by Crippen LogP contribution is 2.27. The van der Waals surface area contributed by atoms with Gasteiger partial charge in [-0.2, -0.15) is 0 Å². The van der Waals surface area contributed by atoms with E-state index in [-0.39, 0.29) is 6.04 Å². The predicted octanol–water partition coefficient (Wildman–Crippen LogP) is 3.11. The zero-order chi connectivity index (χ0) is 10.6. The molecule has 0 saturated carbocycles. The van der Waals surface area contributed by atoms with Crippen molar-refractivity contribution in [2.24, 2.45) is 5.73 Å². The van der Waals surface area contributed by atoms with E-state index in [1.165, 1.54) is 0 Å². The van der Waals surface area contributed by atoms with E-state index in [4.69, 9.17) is 33.7 Å². The van der Waals surface area contributed by atoms with Crippen molar-refractivity contribution in [1.29, 1.82) is 0 Å². The summed E-state index contributed by atoms with van der Waals surface area (Å²) in [5, 5.41) is 1.18. The molecule has 0 spiro atoms. The molecule has 0 aromatic heterocycles. The maximum Gasteiger partial charge on any atom is 0.139 e. The van der Waals surface area contributed by atoms with Gasteiger partial charge in [0.1, 0.15) is 5.75 Å². The van der Waals surface area contributed by atoms with Crippen molar-refractivity contribution in [3.63, 3.8) is 0 Å². The molecule has 78 valence electrons. The fourth-order valence-corrected chi connectivity index (χ4v) is 1.28. The van der Waals surface area contributed by atoms with Crippen LogP contribution in [0.15, 0.2) is 18.2 Å². The lowest BCUT2D eigenvalue weighted by Crippen LogP contribution is -2.18. The lowest BCUT2D eigenvalue weighted by Gasteiger charge is -2.09. The summed E-state index contributed by atoms with van der Waals surface area (Å²) in [6.07, 6.45) is 0.794. The van der Waals surface area contributed by atoms with Gasteiger partial charge in [0.2, 0.25) is 0 Å². The number of benzene rings is 1. The normalized spacial score (nSPS) is 12.6. The summed E-state index contributed by atoms with van der Waals surface area (Å²) in [7, 11) is 0. The molecule has 0 aliphatic heterocycles. The average Bonchev–Trinajstić information content (AvgIpc) is 2.10. The minimum Gasteiger partial charge on any atom is -0.492 e. The van der Waals surface area contributed by atoms with Gasteiger partial charge in [0.15, 0.2) is 0 Å². The largest absolute Gasteiger partial charge is 0.492 e. The van der Waals surface area contributed by atoms with Crippen molar-refractivity contribution in [1.82, 2.24) is 0 Å². The van der Waals surface area contributed by atoms with E-state index < -0.39 is 0 Å². The van der Waals surface area contributed by atoms with Crippen LogP contribution in [0.1, 0.15) is 13.3 Å². The van der Waals surface area contributed by atoms with Gasteiger partial charge in [-0.25, -0.2) is 0 Å². The summed E-state index contributed by atoms with van der Waals surface area (Å²) in [5.41, 5.74) is 5.59. The van der Waals surface area contributed by atoms with Crippen LogP contribution < -0.4 is 10.5 Å². The molecular weight excluding hydrogens is 221 g/mol. The molecule has 1 atom stereocenters. The second-order valence-electron chi connectivity index (χ2n) is 3.19. The van der Waals surface area contributed by atoms with Gasteiger partial charge in [0.25, 0.3) is 0 Å². The van der Waals surface area contributed by atoms with Gasteiger partial charge >= 0.3 is 0 Å². The summed E-state index contributed by atoms with van der Waals surface area (Å²) in [6, 6.07) is 5.27. The Kier molecular flexibility index (Phi) is 4.52. The standard InChI is InChI=1S/C10H13Cl2NO/c1-7(13)4-5-14-10-6-8(11)2-3-9(10)12/h2-3,6-7H,4-5,13H2,1H3. The highest BCUT2D eigenvalue weighted by Gasteiger charge is 2.02. The van der Waals surface area contributed by atoms with Gasteiger partial charge in [-0.05, 0) is 25.5 Å². The summed E-state index contributed by atoms with van der Waals surface area (Å²) in [6.45, 7) is 2.49. The van der Waals surface area contributed by atoms with E-state index in [1.54, 1.807) is 18.2 Å². The van der Waals surface area contributed by atoms with Crippen LogP contribution >= 0.6 is 23.2 Å². The second-order valence-corrected chi connectivity index (χ2v) is 4.03. The Morgan fingerprint density at radius 1 is 1.43 bits per heavy atom. The molecular formula is C10H13Cl2NO. The van der Waals surface area contributed by atoms with Gasteiger partial charge in [0.05, 0.1) is 11.6 Å². The van der Waals surface area contributed by atoms with Gasteiger partial charge in [-0.1, -0.05) is 23.2 Å². The first-order valence-corrected chi connectivity index (χ1v) is 5.18. The molecule has 0 fully saturated rings. The fourth-order valence-electron chi connectivity index (χ4n) is 0.943. The molecule has 1 rings (SSSR count). The van der Waals surface area contributed by atoms with Crippen molar-refractivity contribution in [3.8, 4) is 5.75 Å². The first-order valence-electron chi connectivity index (χ1n) is 4.43. The molecule has 2 N–H and O–H groups in total. The van der Waals surface area contributed by atoms with Gasteiger partial charge in [-0.3, -0.25) is 0 Å². The lowest BCUT2D eigenvalue weighted by molar-refractivity contribution is 0.301. The maximum absolute atomic E-state index is 5.90. The zero-order valence-corrected chi connectivity index (χ0v) is 9.48. The molecule has 0 bridgehead atoms. The highest BCUT2D eigenvalue weighted by atomic mass is 35.5. The van der Waals surface area contributed by atoms with Crippen LogP contribution in [-0.2, 0) is 0 Å². The summed E-state index contributed by atoms with van der Waals surface area (Å²) in [5.74, 6) is 0.611. The number of ether oxygens (including phenoxy) is 1. The third-order valence-corrected chi connectivity index (χ3v) is 2.27. The summed E-state index contributed by atoms with van der Waals surface area (Å²) < 4.78 is 5.43. The van der Waals surface area contributed by atoms with Crippen LogP contribution in [0.5, 0.6) is 5.75 Å². The Balaban J connectivity index is 2.53. The SMILES string of the molecule is CC(N)CCOc1cc(Cl)ccc1Cl. The highest BCUT2D eigenvalue weighted by molar-refractivity contribution is 6.34. The van der Waals surface area contributed by atoms with Crippen molar-refractivity contribution < 1.29 is 4.74 Å². The van der Waals surface area contributed by atoms with Crippen LogP contribution in [0, 0.1) is 0 Å². The molecule has 1 aromatic carbocycles. The fraction of sp³-hybridized carbons (Fsp3) is 0.400. The van der Waals surface area contributed by atoms with E-state index in [0.717, 1.165) is 6.42 Å². The molecule has 14 heavy (non-hydrogen) atoms. The van der Waals surface area contributed by atoms with Crippen LogP contribution in [-0.4, -0.2) is 12.6 Å². The Bertz CT molecular complexity index is 302. The van der Waals surface area contributed by atoms with E-state index in [2.05, 4.69) is 0 Å². The predicted molar refractivity (Wildman–Crippen MR) is 60.2 cm³/mol. The molecule has 2 nitrogen and oxygen atoms in total. The Labute approximate surface area is 94.0 Å². The first-order chi connectivity index (χ1) is 6.59. The topological polar surface area (TPSA) is 35.2 Å². The number of hydrogen-bond acceptors (Lipinski definition) is 2. The molecule has 1 aromatic rings. The molecule has 4 heteroatoms. The van der Waals surface area contributed by atoms with Crippen molar-refractivity contribution in [2.75, 3.05) is 6.61 Å². The van der Waals surface area contributed by atoms with Crippen LogP contribution in [0.25, 0.3) is 0 Å². The molecule has 0 amide bonds. The second kappa shape index (κ2) is 5.44. The van der Waals surface area contributed by atoms with Crippen LogP contribution in [0.3, 0.4) is 0 Å². The molecule has 0 heterocycles. The summed E-state index contributed by atoms with van der Waals surface area (Å²) >= 11 is 11.7. The number of rotatable bonds is 4. The Hall–Kier alpha value is -0.440. The third kappa shape index (κ3) is 3.74. The third-order valence-electron chi connectivity index (χ3n) is 1.72. The smallest absolute Gasteiger partial charge is 0.139 e. The van der Waals surface area contributed by atoms with Gasteiger partial charge in [-0.15, -0.1) is 0 Å². The maximum atomic E-state index is 5.90. The minimum atomic E-state index is 0.132. The van der Waals surface area contributed by atoms with Crippen molar-refractivity contribution in [3.05, 3.63) is 28.2 Å². The Morgan fingerprint density at radius 3 is 2.79 bits per heavy atom. The number of halogens is 2. The van der Waals surface area contributed by atoms with E-state index in [9.17, 15) is 0 Å². The first kappa shape index (κ1) is 11.6. The monoisotopic (exact) mass is 233 g/mol. The average molecular weight is 234 g/mol. The zero-order valence-electron chi connectivity index (χ0n) is 7.97. The minimum absolute atomic E-state index is 0.132. The summed E-state index contributed by atoms with van der Waals surface area (Å²) in [4.78, 5) is 0. The van der Waals surface area contributed by atoms with Crippen LogP contribution in [0.2, 0.25) is 10.0 Å². The lowest BCUT2D eigenvalue weighted by atomic mass is 10.3. The van der Waals surface area contributed by atoms with Gasteiger partial charge in [0, 0.05) is 17.1 Å². The number of hydrogen-bond donors (Lipinski definition) is 1. The molecule has 0 aliphatic rings. The number of nitrogens with two attached hydrogens (primary N) is 1. The molecule has 1 unspecified atom stereocenters. The van der Waals surface area contributed by atoms with Gasteiger partial charge < -0.3 is 10.5 Å². The Morgan fingerprint density at radius 2 is 2.14 bits per heavy atom.